The second kappa shape index (κ2) is 0.708. The van der Waals surface area contributed by atoms with Crippen LogP contribution in [0.2, 0.25) is 0 Å². The van der Waals surface area contributed by atoms with Crippen molar-refractivity contribution in [1.82, 2.24) is 4.90 Å². The molecule has 1 aliphatic heterocycles. The van der Waals surface area contributed by atoms with E-state index >= 15 is 0 Å². The zero-order valence-corrected chi connectivity index (χ0v) is 3.18. The van der Waals surface area contributed by atoms with Gasteiger partial charge in [-0.1, -0.05) is 0 Å². The van der Waals surface area contributed by atoms with Gasteiger partial charge < -0.3 is 4.90 Å². The molecule has 0 N–H and O–H groups in total. The Morgan fingerprint density at radius 1 is 2.00 bits per heavy atom. The third kappa shape index (κ3) is 0.251. The molecule has 0 aromatic rings. The van der Waals surface area contributed by atoms with Crippen LogP contribution in [-0.2, 0) is 0 Å². The quantitative estimate of drug-likeness (QED) is 0.389. The van der Waals surface area contributed by atoms with Crippen LogP contribution in [-0.4, -0.2) is 25.0 Å². The van der Waals surface area contributed by atoms with Crippen molar-refractivity contribution in [3.8, 4) is 0 Å². The van der Waals surface area contributed by atoms with E-state index in [4.69, 9.17) is 0 Å². The molecule has 1 aliphatic rings. The van der Waals surface area contributed by atoms with Crippen molar-refractivity contribution >= 4 is 6.34 Å². The van der Waals surface area contributed by atoms with Gasteiger partial charge in [-0.25, -0.2) is 0 Å². The van der Waals surface area contributed by atoms with Gasteiger partial charge in [0, 0.05) is 7.05 Å². The smallest absolute Gasteiger partial charge is 0.112 e. The first-order valence-corrected chi connectivity index (χ1v) is 1.60. The zero-order valence-electron chi connectivity index (χ0n) is 3.18. The molecule has 1 rings (SSSR count). The normalized spacial score (nSPS) is 19.0. The minimum absolute atomic E-state index is 0.889. The van der Waals surface area contributed by atoms with Crippen molar-refractivity contribution in [2.45, 2.75) is 0 Å². The Labute approximate surface area is 31.1 Å². The van der Waals surface area contributed by atoms with E-state index in [1.807, 2.05) is 11.9 Å². The lowest BCUT2D eigenvalue weighted by molar-refractivity contribution is 0.483. The topological polar surface area (TPSA) is 15.6 Å². The molecule has 1 heterocycles. The number of aliphatic imine (C=N–C) groups is 1. The molecule has 0 unspecified atom stereocenters. The second-order valence-electron chi connectivity index (χ2n) is 1.20. The molecular weight excluding hydrogens is 64.0 g/mol. The van der Waals surface area contributed by atoms with Gasteiger partial charge in [0.2, 0.25) is 0 Å². The summed E-state index contributed by atoms with van der Waals surface area (Å²) >= 11 is 0. The van der Waals surface area contributed by atoms with Gasteiger partial charge >= 0.3 is 0 Å². The monoisotopic (exact) mass is 70.1 g/mol. The maximum atomic E-state index is 3.80. The SMILES string of the molecule is CN1C=NC1. The standard InChI is InChI=1S/C3H6N2/c1-5-2-4-3-5/h2H,3H2,1H3. The Balaban J connectivity index is 2.39. The first kappa shape index (κ1) is 2.69. The highest BCUT2D eigenvalue weighted by Gasteiger charge is 1.92. The van der Waals surface area contributed by atoms with E-state index in [1.54, 1.807) is 6.34 Å². The zero-order chi connectivity index (χ0) is 3.70. The van der Waals surface area contributed by atoms with E-state index in [0.29, 0.717) is 0 Å². The molecule has 0 spiro atoms. The van der Waals surface area contributed by atoms with E-state index in [-0.39, 0.29) is 0 Å². The average Bonchev–Trinajstić information content (AvgIpc) is 1.30. The van der Waals surface area contributed by atoms with Crippen LogP contribution in [0.25, 0.3) is 0 Å². The summed E-state index contributed by atoms with van der Waals surface area (Å²) in [7, 11) is 1.99. The molecular formula is C3H6N2. The molecule has 0 aromatic carbocycles. The Hall–Kier alpha value is -0.530. The average molecular weight is 70.1 g/mol. The molecule has 28 valence electrons. The van der Waals surface area contributed by atoms with Crippen molar-refractivity contribution in [1.29, 1.82) is 0 Å². The minimum Gasteiger partial charge on any atom is -0.346 e. The Kier molecular flexibility index (Phi) is 0.381. The van der Waals surface area contributed by atoms with Crippen LogP contribution < -0.4 is 0 Å². The van der Waals surface area contributed by atoms with Crippen molar-refractivity contribution in [2.24, 2.45) is 4.99 Å². The third-order valence-electron chi connectivity index (χ3n) is 0.583. The summed E-state index contributed by atoms with van der Waals surface area (Å²) in [5.41, 5.74) is 0. The number of rotatable bonds is 0. The van der Waals surface area contributed by atoms with E-state index in [0.717, 1.165) is 6.67 Å². The molecule has 0 saturated carbocycles. The summed E-state index contributed by atoms with van der Waals surface area (Å²) in [5.74, 6) is 0. The Bertz CT molecular complexity index is 57.9. The highest BCUT2D eigenvalue weighted by Crippen LogP contribution is 1.85. The molecule has 0 radical (unpaired) electrons. The Morgan fingerprint density at radius 3 is 2.40 bits per heavy atom. The van der Waals surface area contributed by atoms with Gasteiger partial charge in [-0.15, -0.1) is 0 Å². The number of hydrogen-bond donors (Lipinski definition) is 0. The molecule has 0 bridgehead atoms. The van der Waals surface area contributed by atoms with Crippen LogP contribution in [0.1, 0.15) is 0 Å². The van der Waals surface area contributed by atoms with Crippen LogP contribution in [0.3, 0.4) is 0 Å². The predicted molar refractivity (Wildman–Crippen MR) is 21.1 cm³/mol. The van der Waals surface area contributed by atoms with E-state index in [1.165, 1.54) is 0 Å². The summed E-state index contributed by atoms with van der Waals surface area (Å²) < 4.78 is 0. The molecule has 0 atom stereocenters. The van der Waals surface area contributed by atoms with Crippen molar-refractivity contribution in [2.75, 3.05) is 13.7 Å². The van der Waals surface area contributed by atoms with Gasteiger partial charge in [-0.05, 0) is 0 Å². The molecule has 0 amide bonds. The lowest BCUT2D eigenvalue weighted by Crippen LogP contribution is -2.24. The van der Waals surface area contributed by atoms with Crippen LogP contribution in [0, 0.1) is 0 Å². The second-order valence-corrected chi connectivity index (χ2v) is 1.20. The van der Waals surface area contributed by atoms with Gasteiger partial charge in [0.25, 0.3) is 0 Å². The van der Waals surface area contributed by atoms with E-state index in [9.17, 15) is 0 Å². The van der Waals surface area contributed by atoms with Gasteiger partial charge in [0.1, 0.15) is 6.67 Å². The maximum absolute atomic E-state index is 3.80. The summed E-state index contributed by atoms with van der Waals surface area (Å²) in [4.78, 5) is 5.81. The summed E-state index contributed by atoms with van der Waals surface area (Å²) in [6.45, 7) is 0.889. The minimum atomic E-state index is 0.889. The van der Waals surface area contributed by atoms with Crippen molar-refractivity contribution < 1.29 is 0 Å². The molecule has 5 heavy (non-hydrogen) atoms. The fraction of sp³-hybridized carbons (Fsp3) is 0.667. The fourth-order valence-corrected chi connectivity index (χ4v) is 0.245. The van der Waals surface area contributed by atoms with Gasteiger partial charge in [0.05, 0.1) is 6.34 Å². The van der Waals surface area contributed by atoms with Crippen LogP contribution in [0.4, 0.5) is 0 Å². The van der Waals surface area contributed by atoms with Gasteiger partial charge in [-0.2, -0.15) is 0 Å². The first-order valence-electron chi connectivity index (χ1n) is 1.60. The number of nitrogens with zero attached hydrogens (tertiary/aromatic N) is 2. The maximum Gasteiger partial charge on any atom is 0.112 e. The molecule has 0 saturated heterocycles. The van der Waals surface area contributed by atoms with Gasteiger partial charge in [-0.3, -0.25) is 4.99 Å². The van der Waals surface area contributed by atoms with E-state index in [2.05, 4.69) is 4.99 Å². The Morgan fingerprint density at radius 2 is 2.40 bits per heavy atom. The highest BCUT2D eigenvalue weighted by atomic mass is 15.3. The molecule has 2 heteroatoms. The van der Waals surface area contributed by atoms with Gasteiger partial charge in [0.15, 0.2) is 0 Å². The largest absolute Gasteiger partial charge is 0.346 e. The number of hydrogen-bond acceptors (Lipinski definition) is 2. The molecule has 2 nitrogen and oxygen atoms in total. The van der Waals surface area contributed by atoms with Crippen LogP contribution in [0.5, 0.6) is 0 Å². The van der Waals surface area contributed by atoms with Crippen molar-refractivity contribution in [3.05, 3.63) is 0 Å². The summed E-state index contributed by atoms with van der Waals surface area (Å²) in [6.07, 6.45) is 1.81. The summed E-state index contributed by atoms with van der Waals surface area (Å²) in [5, 5.41) is 0. The summed E-state index contributed by atoms with van der Waals surface area (Å²) in [6, 6.07) is 0. The van der Waals surface area contributed by atoms with Crippen LogP contribution in [0.15, 0.2) is 4.99 Å². The molecule has 0 aromatic heterocycles. The third-order valence-corrected chi connectivity index (χ3v) is 0.583. The lowest BCUT2D eigenvalue weighted by Gasteiger charge is -2.16. The lowest BCUT2D eigenvalue weighted by atomic mass is 10.7. The van der Waals surface area contributed by atoms with Crippen LogP contribution >= 0.6 is 0 Å². The van der Waals surface area contributed by atoms with E-state index < -0.39 is 0 Å². The van der Waals surface area contributed by atoms with Crippen molar-refractivity contribution in [3.63, 3.8) is 0 Å². The molecule has 0 fully saturated rings. The predicted octanol–water partition coefficient (Wildman–Crippen LogP) is -0.0824. The molecule has 0 aliphatic carbocycles. The first-order chi connectivity index (χ1) is 2.39. The fourth-order valence-electron chi connectivity index (χ4n) is 0.245. The highest BCUT2D eigenvalue weighted by molar-refractivity contribution is 5.58.